The first-order valence-corrected chi connectivity index (χ1v) is 7.49. The van der Waals surface area contributed by atoms with Crippen LogP contribution in [0.5, 0.6) is 0 Å². The second-order valence-corrected chi connectivity index (χ2v) is 5.37. The standard InChI is InChI=1S/C18H20N2/c1-3-5-13-7-9-15-17(11-13)19-16-10-8-14(6-4-2)12-18(16)20-15/h7-12H,3-6H2,1-2H3. The summed E-state index contributed by atoms with van der Waals surface area (Å²) in [5, 5.41) is 0. The lowest BCUT2D eigenvalue weighted by molar-refractivity contribution is 0.922. The van der Waals surface area contributed by atoms with Crippen molar-refractivity contribution in [3.63, 3.8) is 0 Å². The van der Waals surface area contributed by atoms with Crippen molar-refractivity contribution in [3.05, 3.63) is 47.5 Å². The largest absolute Gasteiger partial charge is 0.244 e. The molecule has 20 heavy (non-hydrogen) atoms. The molecule has 0 saturated heterocycles. The van der Waals surface area contributed by atoms with Gasteiger partial charge in [0.1, 0.15) is 0 Å². The van der Waals surface area contributed by atoms with E-state index in [1.54, 1.807) is 0 Å². The highest BCUT2D eigenvalue weighted by Crippen LogP contribution is 2.19. The molecule has 0 amide bonds. The van der Waals surface area contributed by atoms with Gasteiger partial charge in [-0.15, -0.1) is 0 Å². The Hall–Kier alpha value is -1.96. The first kappa shape index (κ1) is 13.0. The zero-order valence-corrected chi connectivity index (χ0v) is 12.2. The molecule has 0 saturated carbocycles. The molecule has 102 valence electrons. The molecule has 0 aliphatic heterocycles. The molecule has 0 bridgehead atoms. The SMILES string of the molecule is CCCc1ccc2nc3cc(CCC)ccc3nc2c1. The van der Waals surface area contributed by atoms with Crippen LogP contribution in [0.4, 0.5) is 0 Å². The fourth-order valence-corrected chi connectivity index (χ4v) is 2.65. The molecule has 0 N–H and O–H groups in total. The van der Waals surface area contributed by atoms with Crippen LogP contribution in [0.2, 0.25) is 0 Å². The predicted molar refractivity (Wildman–Crippen MR) is 85.0 cm³/mol. The van der Waals surface area contributed by atoms with Gasteiger partial charge in [0.25, 0.3) is 0 Å². The number of rotatable bonds is 4. The summed E-state index contributed by atoms with van der Waals surface area (Å²) in [6.45, 7) is 4.40. The summed E-state index contributed by atoms with van der Waals surface area (Å²) in [5.74, 6) is 0. The predicted octanol–water partition coefficient (Wildman–Crippen LogP) is 4.69. The molecule has 2 aromatic carbocycles. The number of hydrogen-bond acceptors (Lipinski definition) is 2. The summed E-state index contributed by atoms with van der Waals surface area (Å²) in [7, 11) is 0. The smallest absolute Gasteiger partial charge is 0.0897 e. The van der Waals surface area contributed by atoms with Crippen LogP contribution in [0, 0.1) is 0 Å². The zero-order valence-electron chi connectivity index (χ0n) is 12.2. The highest BCUT2D eigenvalue weighted by molar-refractivity contribution is 5.86. The third-order valence-corrected chi connectivity index (χ3v) is 3.64. The minimum atomic E-state index is 0.992. The molecule has 2 heteroatoms. The molecule has 0 aliphatic rings. The molecule has 3 rings (SSSR count). The van der Waals surface area contributed by atoms with Crippen molar-refractivity contribution in [1.29, 1.82) is 0 Å². The molecule has 0 unspecified atom stereocenters. The first-order chi connectivity index (χ1) is 9.80. The summed E-state index contributed by atoms with van der Waals surface area (Å²) in [5.41, 5.74) is 6.68. The minimum absolute atomic E-state index is 0.992. The number of aromatic nitrogens is 2. The monoisotopic (exact) mass is 264 g/mol. The summed E-state index contributed by atoms with van der Waals surface area (Å²) >= 11 is 0. The molecule has 3 aromatic rings. The van der Waals surface area contributed by atoms with Crippen LogP contribution in [-0.4, -0.2) is 9.97 Å². The van der Waals surface area contributed by atoms with E-state index in [-0.39, 0.29) is 0 Å². The molecule has 0 spiro atoms. The fraction of sp³-hybridized carbons (Fsp3) is 0.333. The molecule has 0 atom stereocenters. The van der Waals surface area contributed by atoms with Crippen LogP contribution < -0.4 is 0 Å². The lowest BCUT2D eigenvalue weighted by atomic mass is 10.1. The molecule has 1 aromatic heterocycles. The van der Waals surface area contributed by atoms with Gasteiger partial charge in [-0.25, -0.2) is 9.97 Å². The van der Waals surface area contributed by atoms with Crippen LogP contribution in [-0.2, 0) is 12.8 Å². The van der Waals surface area contributed by atoms with Gasteiger partial charge in [-0.1, -0.05) is 38.8 Å². The Bertz CT molecular complexity index is 681. The fourth-order valence-electron chi connectivity index (χ4n) is 2.65. The maximum Gasteiger partial charge on any atom is 0.0897 e. The molecule has 2 nitrogen and oxygen atoms in total. The summed E-state index contributed by atoms with van der Waals surface area (Å²) in [6.07, 6.45) is 4.52. The van der Waals surface area contributed by atoms with Crippen LogP contribution in [0.25, 0.3) is 22.1 Å². The van der Waals surface area contributed by atoms with Gasteiger partial charge in [0.2, 0.25) is 0 Å². The molecule has 0 radical (unpaired) electrons. The number of hydrogen-bond donors (Lipinski definition) is 0. The second kappa shape index (κ2) is 5.58. The summed E-state index contributed by atoms with van der Waals surface area (Å²) in [6, 6.07) is 12.9. The molecular weight excluding hydrogens is 244 g/mol. The zero-order chi connectivity index (χ0) is 13.9. The van der Waals surface area contributed by atoms with E-state index in [2.05, 4.69) is 50.2 Å². The van der Waals surface area contributed by atoms with Crippen molar-refractivity contribution in [2.45, 2.75) is 39.5 Å². The van der Waals surface area contributed by atoms with E-state index in [0.29, 0.717) is 0 Å². The Morgan fingerprint density at radius 3 is 1.50 bits per heavy atom. The second-order valence-electron chi connectivity index (χ2n) is 5.37. The lowest BCUT2D eigenvalue weighted by Crippen LogP contribution is -1.91. The summed E-state index contributed by atoms with van der Waals surface area (Å²) < 4.78 is 0. The van der Waals surface area contributed by atoms with E-state index < -0.39 is 0 Å². The van der Waals surface area contributed by atoms with Crippen LogP contribution in [0.3, 0.4) is 0 Å². The van der Waals surface area contributed by atoms with E-state index in [4.69, 9.17) is 9.97 Å². The van der Waals surface area contributed by atoms with Crippen LogP contribution in [0.15, 0.2) is 36.4 Å². The molecular formula is C18H20N2. The quantitative estimate of drug-likeness (QED) is 0.639. The van der Waals surface area contributed by atoms with Gasteiger partial charge in [0.15, 0.2) is 0 Å². The number of fused-ring (bicyclic) bond motifs is 2. The van der Waals surface area contributed by atoms with Gasteiger partial charge >= 0.3 is 0 Å². The Kier molecular flexibility index (Phi) is 3.64. The highest BCUT2D eigenvalue weighted by atomic mass is 14.8. The number of nitrogens with zero attached hydrogens (tertiary/aromatic N) is 2. The molecule has 1 heterocycles. The van der Waals surface area contributed by atoms with E-state index in [1.165, 1.54) is 11.1 Å². The normalized spacial score (nSPS) is 11.3. The van der Waals surface area contributed by atoms with Gasteiger partial charge in [-0.3, -0.25) is 0 Å². The van der Waals surface area contributed by atoms with Gasteiger partial charge in [-0.2, -0.15) is 0 Å². The van der Waals surface area contributed by atoms with Crippen molar-refractivity contribution in [3.8, 4) is 0 Å². The number of benzene rings is 2. The topological polar surface area (TPSA) is 25.8 Å². The van der Waals surface area contributed by atoms with Crippen LogP contribution >= 0.6 is 0 Å². The third kappa shape index (κ3) is 2.51. The maximum atomic E-state index is 4.76. The van der Waals surface area contributed by atoms with E-state index in [9.17, 15) is 0 Å². The van der Waals surface area contributed by atoms with Gasteiger partial charge in [-0.05, 0) is 48.2 Å². The lowest BCUT2D eigenvalue weighted by Gasteiger charge is -2.05. The Labute approximate surface area is 119 Å². The third-order valence-electron chi connectivity index (χ3n) is 3.64. The Morgan fingerprint density at radius 1 is 0.650 bits per heavy atom. The van der Waals surface area contributed by atoms with E-state index in [0.717, 1.165) is 47.8 Å². The summed E-state index contributed by atoms with van der Waals surface area (Å²) in [4.78, 5) is 9.52. The maximum absolute atomic E-state index is 4.76. The Balaban J connectivity index is 2.12. The average molecular weight is 264 g/mol. The van der Waals surface area contributed by atoms with Crippen molar-refractivity contribution >= 4 is 22.1 Å². The van der Waals surface area contributed by atoms with Crippen molar-refractivity contribution in [2.24, 2.45) is 0 Å². The highest BCUT2D eigenvalue weighted by Gasteiger charge is 2.04. The molecule has 0 aliphatic carbocycles. The van der Waals surface area contributed by atoms with Crippen molar-refractivity contribution < 1.29 is 0 Å². The Morgan fingerprint density at radius 2 is 1.10 bits per heavy atom. The van der Waals surface area contributed by atoms with Crippen molar-refractivity contribution in [2.75, 3.05) is 0 Å². The van der Waals surface area contributed by atoms with Gasteiger partial charge in [0, 0.05) is 0 Å². The minimum Gasteiger partial charge on any atom is -0.244 e. The van der Waals surface area contributed by atoms with Crippen molar-refractivity contribution in [1.82, 2.24) is 9.97 Å². The average Bonchev–Trinajstić information content (AvgIpc) is 2.46. The van der Waals surface area contributed by atoms with Gasteiger partial charge < -0.3 is 0 Å². The van der Waals surface area contributed by atoms with Gasteiger partial charge in [0.05, 0.1) is 22.1 Å². The molecule has 0 fully saturated rings. The number of aryl methyl sites for hydroxylation is 2. The van der Waals surface area contributed by atoms with Crippen LogP contribution in [0.1, 0.15) is 37.8 Å². The van der Waals surface area contributed by atoms with E-state index in [1.807, 2.05) is 0 Å². The van der Waals surface area contributed by atoms with E-state index >= 15 is 0 Å². The first-order valence-electron chi connectivity index (χ1n) is 7.49.